The lowest BCUT2D eigenvalue weighted by Gasteiger charge is -2.05. The summed E-state index contributed by atoms with van der Waals surface area (Å²) in [5.41, 5.74) is 16.5. The molecule has 4 N–H and O–H groups in total. The summed E-state index contributed by atoms with van der Waals surface area (Å²) in [5.74, 6) is 0.756. The van der Waals surface area contributed by atoms with Gasteiger partial charge in [-0.15, -0.1) is 10.2 Å². The average Bonchev–Trinajstić information content (AvgIpc) is 3.01. The van der Waals surface area contributed by atoms with Crippen molar-refractivity contribution in [1.82, 2.24) is 19.8 Å². The van der Waals surface area contributed by atoms with E-state index in [4.69, 9.17) is 11.5 Å². The van der Waals surface area contributed by atoms with Crippen molar-refractivity contribution in [3.8, 4) is 11.3 Å². The number of anilines is 2. The van der Waals surface area contributed by atoms with Crippen LogP contribution in [-0.4, -0.2) is 19.8 Å². The molecule has 2 aromatic heterocycles. The second-order valence-electron chi connectivity index (χ2n) is 5.61. The zero-order chi connectivity index (χ0) is 16.5. The van der Waals surface area contributed by atoms with Gasteiger partial charge in [0.15, 0.2) is 11.5 Å². The quantitative estimate of drug-likeness (QED) is 0.566. The Hall–Kier alpha value is -3.41. The van der Waals surface area contributed by atoms with Crippen molar-refractivity contribution in [3.05, 3.63) is 72.1 Å². The van der Waals surface area contributed by atoms with Gasteiger partial charge in [-0.2, -0.15) is 9.61 Å². The van der Waals surface area contributed by atoms with Crippen LogP contribution >= 0.6 is 0 Å². The summed E-state index contributed by atoms with van der Waals surface area (Å²) in [5, 5.41) is 13.1. The second-order valence-corrected chi connectivity index (χ2v) is 5.61. The molecular weight excluding hydrogens is 300 g/mol. The fraction of sp³-hybridized carbons (Fsp3) is 0.0556. The Bertz CT molecular complexity index is 1010. The SMILES string of the molecule is Nc1ccc(Cc2nnc3ccc(-c4ccccc4)nn23)cc1N. The highest BCUT2D eigenvalue weighted by Crippen LogP contribution is 2.20. The highest BCUT2D eigenvalue weighted by Gasteiger charge is 2.10. The van der Waals surface area contributed by atoms with Gasteiger partial charge in [0.25, 0.3) is 0 Å². The summed E-state index contributed by atoms with van der Waals surface area (Å²) in [4.78, 5) is 0. The van der Waals surface area contributed by atoms with Gasteiger partial charge < -0.3 is 11.5 Å². The van der Waals surface area contributed by atoms with E-state index < -0.39 is 0 Å². The summed E-state index contributed by atoms with van der Waals surface area (Å²) in [6, 6.07) is 19.5. The Labute approximate surface area is 138 Å². The third kappa shape index (κ3) is 2.54. The first-order valence-corrected chi connectivity index (χ1v) is 7.61. The lowest BCUT2D eigenvalue weighted by Crippen LogP contribution is -2.02. The Balaban J connectivity index is 1.74. The maximum Gasteiger partial charge on any atom is 0.177 e. The zero-order valence-electron chi connectivity index (χ0n) is 12.9. The summed E-state index contributed by atoms with van der Waals surface area (Å²) >= 11 is 0. The minimum Gasteiger partial charge on any atom is -0.397 e. The van der Waals surface area contributed by atoms with Crippen molar-refractivity contribution in [2.24, 2.45) is 0 Å². The average molecular weight is 316 g/mol. The fourth-order valence-electron chi connectivity index (χ4n) is 2.62. The Morgan fingerprint density at radius 2 is 1.67 bits per heavy atom. The van der Waals surface area contributed by atoms with Crippen LogP contribution in [-0.2, 0) is 6.42 Å². The van der Waals surface area contributed by atoms with Crippen LogP contribution in [0.5, 0.6) is 0 Å². The monoisotopic (exact) mass is 316 g/mol. The van der Waals surface area contributed by atoms with E-state index in [0.29, 0.717) is 23.4 Å². The molecule has 0 spiro atoms. The summed E-state index contributed by atoms with van der Waals surface area (Å²) in [7, 11) is 0. The van der Waals surface area contributed by atoms with Crippen molar-refractivity contribution < 1.29 is 0 Å². The molecule has 2 aromatic carbocycles. The summed E-state index contributed by atoms with van der Waals surface area (Å²) < 4.78 is 1.77. The van der Waals surface area contributed by atoms with E-state index >= 15 is 0 Å². The summed E-state index contributed by atoms with van der Waals surface area (Å²) in [6.07, 6.45) is 0.580. The highest BCUT2D eigenvalue weighted by atomic mass is 15.4. The van der Waals surface area contributed by atoms with E-state index in [2.05, 4.69) is 15.3 Å². The van der Waals surface area contributed by atoms with Crippen molar-refractivity contribution in [1.29, 1.82) is 0 Å². The number of aromatic nitrogens is 4. The molecule has 2 heterocycles. The van der Waals surface area contributed by atoms with Crippen LogP contribution in [0.2, 0.25) is 0 Å². The first-order valence-electron chi connectivity index (χ1n) is 7.61. The number of rotatable bonds is 3. The molecule has 0 fully saturated rings. The molecule has 0 aliphatic heterocycles. The Morgan fingerprint density at radius 1 is 0.833 bits per heavy atom. The molecule has 4 aromatic rings. The largest absolute Gasteiger partial charge is 0.397 e. The van der Waals surface area contributed by atoms with E-state index in [-0.39, 0.29) is 0 Å². The van der Waals surface area contributed by atoms with Gasteiger partial charge in [0, 0.05) is 12.0 Å². The number of fused-ring (bicyclic) bond motifs is 1. The molecular formula is C18H16N6. The molecule has 6 nitrogen and oxygen atoms in total. The third-order valence-corrected chi connectivity index (χ3v) is 3.91. The van der Waals surface area contributed by atoms with Crippen LogP contribution in [0.1, 0.15) is 11.4 Å². The topological polar surface area (TPSA) is 95.1 Å². The molecule has 4 rings (SSSR count). The molecule has 0 aliphatic rings. The molecule has 0 radical (unpaired) electrons. The van der Waals surface area contributed by atoms with Gasteiger partial charge in [0.1, 0.15) is 0 Å². The van der Waals surface area contributed by atoms with E-state index in [9.17, 15) is 0 Å². The first-order chi connectivity index (χ1) is 11.7. The van der Waals surface area contributed by atoms with Crippen LogP contribution in [0, 0.1) is 0 Å². The van der Waals surface area contributed by atoms with E-state index in [1.165, 1.54) is 0 Å². The van der Waals surface area contributed by atoms with Gasteiger partial charge in [-0.25, -0.2) is 0 Å². The van der Waals surface area contributed by atoms with Gasteiger partial charge >= 0.3 is 0 Å². The molecule has 0 aliphatic carbocycles. The van der Waals surface area contributed by atoms with E-state index in [1.807, 2.05) is 54.6 Å². The molecule has 0 amide bonds. The van der Waals surface area contributed by atoms with Gasteiger partial charge in [-0.05, 0) is 29.8 Å². The van der Waals surface area contributed by atoms with Crippen LogP contribution in [0.25, 0.3) is 16.9 Å². The number of benzene rings is 2. The predicted molar refractivity (Wildman–Crippen MR) is 94.3 cm³/mol. The van der Waals surface area contributed by atoms with Crippen LogP contribution in [0.3, 0.4) is 0 Å². The molecule has 24 heavy (non-hydrogen) atoms. The first kappa shape index (κ1) is 14.2. The molecule has 6 heteroatoms. The number of nitrogens with zero attached hydrogens (tertiary/aromatic N) is 4. The van der Waals surface area contributed by atoms with E-state index in [1.54, 1.807) is 10.6 Å². The number of nitrogens with two attached hydrogens (primary N) is 2. The summed E-state index contributed by atoms with van der Waals surface area (Å²) in [6.45, 7) is 0. The molecule has 0 saturated carbocycles. The molecule has 0 saturated heterocycles. The van der Waals surface area contributed by atoms with E-state index in [0.717, 1.165) is 22.6 Å². The molecule has 0 bridgehead atoms. The van der Waals surface area contributed by atoms with Gasteiger partial charge in [-0.1, -0.05) is 36.4 Å². The lowest BCUT2D eigenvalue weighted by molar-refractivity contribution is 0.842. The van der Waals surface area contributed by atoms with Crippen molar-refractivity contribution in [3.63, 3.8) is 0 Å². The van der Waals surface area contributed by atoms with Crippen molar-refractivity contribution >= 4 is 17.0 Å². The predicted octanol–water partition coefficient (Wildman–Crippen LogP) is 2.55. The fourth-order valence-corrected chi connectivity index (χ4v) is 2.62. The minimum absolute atomic E-state index is 0.569. The van der Waals surface area contributed by atoms with Crippen molar-refractivity contribution in [2.45, 2.75) is 6.42 Å². The maximum absolute atomic E-state index is 5.88. The Morgan fingerprint density at radius 3 is 2.46 bits per heavy atom. The normalized spacial score (nSPS) is 11.0. The van der Waals surface area contributed by atoms with Crippen LogP contribution in [0.4, 0.5) is 11.4 Å². The third-order valence-electron chi connectivity index (χ3n) is 3.91. The smallest absolute Gasteiger partial charge is 0.177 e. The highest BCUT2D eigenvalue weighted by molar-refractivity contribution is 5.64. The minimum atomic E-state index is 0.569. The van der Waals surface area contributed by atoms with Crippen LogP contribution < -0.4 is 11.5 Å². The Kier molecular flexibility index (Phi) is 3.35. The number of hydrogen-bond donors (Lipinski definition) is 2. The molecule has 0 unspecified atom stereocenters. The van der Waals surface area contributed by atoms with Gasteiger partial charge in [0.2, 0.25) is 0 Å². The molecule has 118 valence electrons. The number of nitrogen functional groups attached to an aromatic ring is 2. The lowest BCUT2D eigenvalue weighted by atomic mass is 10.1. The zero-order valence-corrected chi connectivity index (χ0v) is 12.9. The maximum atomic E-state index is 5.88. The van der Waals surface area contributed by atoms with Gasteiger partial charge in [-0.3, -0.25) is 0 Å². The van der Waals surface area contributed by atoms with Gasteiger partial charge in [0.05, 0.1) is 17.1 Å². The standard InChI is InChI=1S/C18H16N6/c19-14-7-6-12(10-15(14)20)11-18-22-21-17-9-8-16(23-24(17)18)13-4-2-1-3-5-13/h1-10H,11,19-20H2. The second kappa shape index (κ2) is 5.66. The molecule has 0 atom stereocenters. The van der Waals surface area contributed by atoms with Crippen molar-refractivity contribution in [2.75, 3.05) is 11.5 Å². The number of hydrogen-bond acceptors (Lipinski definition) is 5. The van der Waals surface area contributed by atoms with Crippen LogP contribution in [0.15, 0.2) is 60.7 Å².